The van der Waals surface area contributed by atoms with Gasteiger partial charge in [-0.3, -0.25) is 0 Å². The lowest BCUT2D eigenvalue weighted by molar-refractivity contribution is 0.487. The predicted octanol–water partition coefficient (Wildman–Crippen LogP) is 22.1. The molecule has 0 bridgehead atoms. The van der Waals surface area contributed by atoms with Crippen LogP contribution in [0.3, 0.4) is 0 Å². The van der Waals surface area contributed by atoms with Crippen LogP contribution >= 0.6 is 0 Å². The highest BCUT2D eigenvalue weighted by Crippen LogP contribution is 2.60. The van der Waals surface area contributed by atoms with Gasteiger partial charge < -0.3 is 14.2 Å². The fourth-order valence-electron chi connectivity index (χ4n) is 15.8. The zero-order valence-corrected chi connectivity index (χ0v) is 55.2. The minimum Gasteiger partial charge on any atom is -0.458 e. The molecule has 95 heavy (non-hydrogen) atoms. The van der Waals surface area contributed by atoms with Gasteiger partial charge in [-0.25, -0.2) is 0 Å². The number of ether oxygens (including phenoxy) is 1. The summed E-state index contributed by atoms with van der Waals surface area (Å²) in [5, 5.41) is 2.39. The Bertz CT molecular complexity index is 5510. The number of hydrogen-bond donors (Lipinski definition) is 0. The number of nitrogens with zero attached hydrogens (tertiary/aromatic N) is 2. The van der Waals surface area contributed by atoms with E-state index in [0.717, 1.165) is 112 Å². The molecule has 0 saturated heterocycles. The maximum absolute atomic E-state index is 9.57. The van der Waals surface area contributed by atoms with Crippen molar-refractivity contribution in [3.63, 3.8) is 0 Å². The van der Waals surface area contributed by atoms with Gasteiger partial charge >= 0.3 is 0 Å². The van der Waals surface area contributed by atoms with Crippen molar-refractivity contribution >= 4 is 62.0 Å². The zero-order chi connectivity index (χ0) is 69.1. The van der Waals surface area contributed by atoms with Gasteiger partial charge in [0, 0.05) is 45.0 Å². The molecule has 0 radical (unpaired) electrons. The molecule has 0 fully saturated rings. The summed E-state index contributed by atoms with van der Waals surface area (Å²) in [5.41, 5.74) is 24.9. The van der Waals surface area contributed by atoms with E-state index < -0.39 is 18.2 Å². The van der Waals surface area contributed by atoms with Crippen LogP contribution in [0, 0.1) is 0 Å². The van der Waals surface area contributed by atoms with E-state index in [1.54, 1.807) is 0 Å². The third-order valence-corrected chi connectivity index (χ3v) is 20.5. The van der Waals surface area contributed by atoms with Gasteiger partial charge in [0.2, 0.25) is 0 Å². The van der Waals surface area contributed by atoms with Crippen molar-refractivity contribution < 1.29 is 11.6 Å². The van der Waals surface area contributed by atoms with Crippen LogP contribution in [0.1, 0.15) is 108 Å². The normalized spacial score (nSPS) is 14.4. The van der Waals surface area contributed by atoms with E-state index in [4.69, 9.17) is 8.85 Å². The third-order valence-electron chi connectivity index (χ3n) is 20.5. The van der Waals surface area contributed by atoms with Gasteiger partial charge in [0.05, 0.1) is 29.0 Å². The fraction of sp³-hybridized carbons (Fsp3) is 0.143. The first kappa shape index (κ1) is 52.8. The van der Waals surface area contributed by atoms with Gasteiger partial charge in [-0.1, -0.05) is 287 Å². The van der Waals surface area contributed by atoms with E-state index in [2.05, 4.69) is 327 Å². The van der Waals surface area contributed by atoms with Crippen LogP contribution in [0.2, 0.25) is 0 Å². The molecule has 1 aromatic heterocycles. The summed E-state index contributed by atoms with van der Waals surface area (Å²) in [6.45, 7) is 20.1. The Kier molecular flexibility index (Phi) is 12.1. The maximum Gasteiger partial charge on any atom is 0.256 e. The maximum atomic E-state index is 9.57. The highest BCUT2D eigenvalue weighted by molar-refractivity contribution is 6.99. The Labute approximate surface area is 566 Å². The summed E-state index contributed by atoms with van der Waals surface area (Å²) < 4.78 is 56.3. The first-order valence-corrected chi connectivity index (χ1v) is 33.3. The minimum absolute atomic E-state index is 0.0765. The van der Waals surface area contributed by atoms with E-state index in [1.807, 2.05) is 6.07 Å². The average Bonchev–Trinajstić information content (AvgIpc) is 0.806. The molecule has 0 amide bonds. The molecule has 1 aliphatic carbocycles. The van der Waals surface area contributed by atoms with Crippen LogP contribution in [0.25, 0.3) is 83.1 Å². The molecule has 3 heterocycles. The second-order valence-corrected chi connectivity index (χ2v) is 29.2. The van der Waals surface area contributed by atoms with E-state index in [-0.39, 0.29) is 46.0 Å². The van der Waals surface area contributed by atoms with E-state index in [9.17, 15) is 2.74 Å². The van der Waals surface area contributed by atoms with Crippen LogP contribution in [0.5, 0.6) is 11.5 Å². The van der Waals surface area contributed by atoms with Crippen LogP contribution in [0.4, 0.5) is 17.1 Å². The topological polar surface area (TPSA) is 17.4 Å². The summed E-state index contributed by atoms with van der Waals surface area (Å²) in [6.07, 6.45) is 0. The number of benzene rings is 13. The number of aromatic nitrogens is 1. The predicted molar refractivity (Wildman–Crippen MR) is 402 cm³/mol. The lowest BCUT2D eigenvalue weighted by atomic mass is 9.34. The van der Waals surface area contributed by atoms with E-state index in [1.165, 1.54) is 38.6 Å². The molecule has 3 aliphatic rings. The Morgan fingerprint density at radius 2 is 0.905 bits per heavy atom. The molecule has 14 aromatic rings. The largest absolute Gasteiger partial charge is 0.458 e. The van der Waals surface area contributed by atoms with Gasteiger partial charge in [-0.05, 0) is 177 Å². The fourth-order valence-corrected chi connectivity index (χ4v) is 15.8. The Hall–Kier alpha value is -10.7. The molecule has 0 saturated carbocycles. The van der Waals surface area contributed by atoms with Crippen molar-refractivity contribution in [3.8, 4) is 72.8 Å². The second-order valence-electron chi connectivity index (χ2n) is 29.2. The molecule has 0 N–H and O–H groups in total. The molecule has 0 spiro atoms. The average molecular weight is 1230 g/mol. The summed E-state index contributed by atoms with van der Waals surface area (Å²) in [5.74, 6) is 1.43. The molecule has 4 heteroatoms. The molecule has 0 atom stereocenters. The van der Waals surface area contributed by atoms with Gasteiger partial charge in [0.25, 0.3) is 6.71 Å². The molecule has 0 unspecified atom stereocenters. The molecule has 2 aliphatic heterocycles. The lowest BCUT2D eigenvalue weighted by Crippen LogP contribution is -2.59. The molecule has 13 aromatic carbocycles. The number of rotatable bonds is 8. The smallest absolute Gasteiger partial charge is 0.256 e. The number of fused-ring (bicyclic) bond motifs is 10. The van der Waals surface area contributed by atoms with Crippen LogP contribution in [-0.4, -0.2) is 11.3 Å². The highest BCUT2D eigenvalue weighted by Gasteiger charge is 2.49. The molecule has 17 rings (SSSR count). The summed E-state index contributed by atoms with van der Waals surface area (Å²) in [4.78, 5) is 2.43. The van der Waals surface area contributed by atoms with E-state index in [0.29, 0.717) is 11.3 Å². The summed E-state index contributed by atoms with van der Waals surface area (Å²) >= 11 is 0. The standard InChI is InChI=1S/C91H75BN2O/c1-88(2,3)65-43-48-79-74(53-65)75-54-66(89(4,5)6)44-49-80(75)93(79)68-45-47-78-83(57-68)95-84-52-62(69-39-27-40-71-70-38-25-26-41-76(70)91(85(69)71,63-34-21-13-22-35-63)64-36-23-14-24-37-64)51-82-86(84)92(78)77-46-42-61(58-28-15-10-16-29-58)50-81(77)94(82)87-72(59-30-17-11-18-31-59)55-67(90(7,8)9)56-73(87)60-32-19-12-20-33-60/h10-57H,1-9H3/i10D,15D,16D,28D,29D. The van der Waals surface area contributed by atoms with Gasteiger partial charge in [-0.15, -0.1) is 0 Å². The number of hydrogen-bond acceptors (Lipinski definition) is 2. The molecular weight excluding hydrogens is 1150 g/mol. The van der Waals surface area contributed by atoms with Crippen molar-refractivity contribution in [2.24, 2.45) is 0 Å². The van der Waals surface area contributed by atoms with Crippen LogP contribution < -0.4 is 26.0 Å². The third kappa shape index (κ3) is 9.23. The SMILES string of the molecule is [2H]c1c([2H])c([2H])c(-c2ccc3c(c2)N(c2c(-c4ccccc4)cc(C(C)(C)C)cc2-c2ccccc2)c2cc(-c4cccc5c4C(c4ccccc4)(c4ccccc4)c4ccccc4-5)cc4c2B3c2ccc(-n3c5ccc(C(C)(C)C)cc5c5cc(C(C)(C)C)ccc53)cc2O4)c([2H])c1[2H]. The Balaban J connectivity index is 1.01. The second kappa shape index (κ2) is 21.7. The quantitative estimate of drug-likeness (QED) is 0.141. The van der Waals surface area contributed by atoms with Gasteiger partial charge in [0.15, 0.2) is 0 Å². The number of anilines is 3. The molecular formula is C91H75BN2O. The zero-order valence-electron chi connectivity index (χ0n) is 60.2. The van der Waals surface area contributed by atoms with Crippen molar-refractivity contribution in [3.05, 3.63) is 330 Å². The first-order chi connectivity index (χ1) is 48.1. The summed E-state index contributed by atoms with van der Waals surface area (Å²) in [6, 6.07) is 93.6. The summed E-state index contributed by atoms with van der Waals surface area (Å²) in [7, 11) is 0. The first-order valence-electron chi connectivity index (χ1n) is 35.8. The lowest BCUT2D eigenvalue weighted by Gasteiger charge is -2.42. The van der Waals surface area contributed by atoms with Crippen molar-refractivity contribution in [1.29, 1.82) is 0 Å². The Morgan fingerprint density at radius 3 is 1.49 bits per heavy atom. The van der Waals surface area contributed by atoms with Crippen molar-refractivity contribution in [1.82, 2.24) is 4.57 Å². The van der Waals surface area contributed by atoms with E-state index >= 15 is 0 Å². The molecule has 458 valence electrons. The minimum atomic E-state index is -0.762. The van der Waals surface area contributed by atoms with Gasteiger partial charge in [-0.2, -0.15) is 0 Å². The van der Waals surface area contributed by atoms with Gasteiger partial charge in [0.1, 0.15) is 11.5 Å². The molecule has 3 nitrogen and oxygen atoms in total. The van der Waals surface area contributed by atoms with Crippen LogP contribution in [-0.2, 0) is 21.7 Å². The van der Waals surface area contributed by atoms with Crippen LogP contribution in [0.15, 0.2) is 291 Å². The van der Waals surface area contributed by atoms with Crippen molar-refractivity contribution in [2.75, 3.05) is 4.90 Å². The monoisotopic (exact) mass is 1230 g/mol. The highest BCUT2D eigenvalue weighted by atomic mass is 16.5. The van der Waals surface area contributed by atoms with Crippen molar-refractivity contribution in [2.45, 2.75) is 84.0 Å². The Morgan fingerprint density at radius 1 is 0.379 bits per heavy atom.